The van der Waals surface area contributed by atoms with Gasteiger partial charge in [-0.25, -0.2) is 0 Å². The molecule has 1 aromatic heterocycles. The molecule has 14 heavy (non-hydrogen) atoms. The lowest BCUT2D eigenvalue weighted by atomic mass is 10.2. The molecule has 1 rings (SSSR count). The highest BCUT2D eigenvalue weighted by Gasteiger charge is 2.08. The van der Waals surface area contributed by atoms with Gasteiger partial charge in [0.1, 0.15) is 5.69 Å². The maximum absolute atomic E-state index is 11.5. The monoisotopic (exact) mass is 210 g/mol. The molecule has 0 unspecified atom stereocenters. The maximum Gasteiger partial charge on any atom is 0.270 e. The molecule has 0 spiro atoms. The van der Waals surface area contributed by atoms with Gasteiger partial charge in [-0.1, -0.05) is 24.2 Å². The molecule has 0 bridgehead atoms. The third kappa shape index (κ3) is 2.85. The number of nitrogens with one attached hydrogen (secondary N) is 1. The first-order valence-corrected chi connectivity index (χ1v) is 4.52. The van der Waals surface area contributed by atoms with Crippen molar-refractivity contribution in [3.8, 4) is 0 Å². The van der Waals surface area contributed by atoms with Gasteiger partial charge in [0, 0.05) is 11.2 Å². The van der Waals surface area contributed by atoms with Gasteiger partial charge in [-0.2, -0.15) is 0 Å². The fourth-order valence-corrected chi connectivity index (χ4v) is 1.05. The van der Waals surface area contributed by atoms with Crippen molar-refractivity contribution in [2.24, 2.45) is 0 Å². The number of aromatic nitrogens is 1. The van der Waals surface area contributed by atoms with Crippen LogP contribution in [0.3, 0.4) is 0 Å². The zero-order valence-corrected chi connectivity index (χ0v) is 8.64. The first kappa shape index (κ1) is 10.7. The quantitative estimate of drug-likeness (QED) is 0.828. The number of nitrogens with zero attached hydrogens (tertiary/aromatic N) is 1. The van der Waals surface area contributed by atoms with Crippen molar-refractivity contribution >= 4 is 17.5 Å². The standard InChI is InChI=1S/C10H11ClN2O/c1-7-4-3-5-12-9(7)10(14)13-6-8(2)11/h3-5H,2,6H2,1H3,(H,13,14). The van der Waals surface area contributed by atoms with Crippen LogP contribution in [0.4, 0.5) is 0 Å². The van der Waals surface area contributed by atoms with Crippen LogP contribution in [0.15, 0.2) is 29.9 Å². The van der Waals surface area contributed by atoms with E-state index in [1.807, 2.05) is 13.0 Å². The molecule has 4 heteroatoms. The first-order chi connectivity index (χ1) is 6.61. The van der Waals surface area contributed by atoms with Gasteiger partial charge in [0.05, 0.1) is 6.54 Å². The number of carbonyl (C=O) groups is 1. The fourth-order valence-electron chi connectivity index (χ4n) is 0.983. The van der Waals surface area contributed by atoms with Crippen LogP contribution in [0.25, 0.3) is 0 Å². The number of aryl methyl sites for hydroxylation is 1. The molecule has 0 aliphatic carbocycles. The number of rotatable bonds is 3. The highest BCUT2D eigenvalue weighted by molar-refractivity contribution is 6.29. The van der Waals surface area contributed by atoms with Crippen molar-refractivity contribution in [3.05, 3.63) is 41.2 Å². The predicted octanol–water partition coefficient (Wildman–Crippen LogP) is 1.87. The van der Waals surface area contributed by atoms with Gasteiger partial charge in [-0.15, -0.1) is 0 Å². The van der Waals surface area contributed by atoms with Gasteiger partial charge in [-0.3, -0.25) is 9.78 Å². The van der Waals surface area contributed by atoms with E-state index < -0.39 is 0 Å². The third-order valence-corrected chi connectivity index (χ3v) is 1.80. The van der Waals surface area contributed by atoms with E-state index in [1.54, 1.807) is 12.3 Å². The van der Waals surface area contributed by atoms with Crippen molar-refractivity contribution in [1.82, 2.24) is 10.3 Å². The van der Waals surface area contributed by atoms with Crippen molar-refractivity contribution in [2.75, 3.05) is 6.54 Å². The molecule has 0 atom stereocenters. The molecule has 1 amide bonds. The Morgan fingerprint density at radius 3 is 3.00 bits per heavy atom. The fraction of sp³-hybridized carbons (Fsp3) is 0.200. The minimum absolute atomic E-state index is 0.232. The number of hydrogen-bond acceptors (Lipinski definition) is 2. The summed E-state index contributed by atoms with van der Waals surface area (Å²) in [5.74, 6) is -0.232. The summed E-state index contributed by atoms with van der Waals surface area (Å²) in [7, 11) is 0. The van der Waals surface area contributed by atoms with Gasteiger partial charge in [-0.05, 0) is 18.6 Å². The largest absolute Gasteiger partial charge is 0.346 e. The third-order valence-electron chi connectivity index (χ3n) is 1.67. The van der Waals surface area contributed by atoms with Crippen molar-refractivity contribution in [2.45, 2.75) is 6.92 Å². The van der Waals surface area contributed by atoms with Crippen molar-refractivity contribution < 1.29 is 4.79 Å². The van der Waals surface area contributed by atoms with Crippen LogP contribution in [-0.4, -0.2) is 17.4 Å². The van der Waals surface area contributed by atoms with Crippen molar-refractivity contribution in [3.63, 3.8) is 0 Å². The topological polar surface area (TPSA) is 42.0 Å². The number of amides is 1. The molecule has 1 heterocycles. The van der Waals surface area contributed by atoms with Crippen LogP contribution < -0.4 is 5.32 Å². The predicted molar refractivity (Wildman–Crippen MR) is 56.3 cm³/mol. The second-order valence-electron chi connectivity index (χ2n) is 2.87. The number of carbonyl (C=O) groups excluding carboxylic acids is 1. The molecule has 1 N–H and O–H groups in total. The molecule has 0 aliphatic heterocycles. The zero-order chi connectivity index (χ0) is 10.6. The van der Waals surface area contributed by atoms with E-state index in [9.17, 15) is 4.79 Å². The Labute approximate surface area is 87.8 Å². The Hall–Kier alpha value is -1.35. The lowest BCUT2D eigenvalue weighted by molar-refractivity contribution is 0.0952. The summed E-state index contributed by atoms with van der Waals surface area (Å²) in [5.41, 5.74) is 1.26. The first-order valence-electron chi connectivity index (χ1n) is 4.14. The summed E-state index contributed by atoms with van der Waals surface area (Å²) in [4.78, 5) is 15.5. The number of pyridine rings is 1. The Bertz CT molecular complexity index is 363. The molecule has 3 nitrogen and oxygen atoms in total. The molecule has 0 aliphatic rings. The minimum Gasteiger partial charge on any atom is -0.346 e. The molecular formula is C10H11ClN2O. The van der Waals surface area contributed by atoms with Crippen LogP contribution in [0.5, 0.6) is 0 Å². The molecule has 0 fully saturated rings. The Morgan fingerprint density at radius 1 is 1.71 bits per heavy atom. The van der Waals surface area contributed by atoms with E-state index >= 15 is 0 Å². The lowest BCUT2D eigenvalue weighted by Gasteiger charge is -2.04. The average Bonchev–Trinajstić information content (AvgIpc) is 2.15. The van der Waals surface area contributed by atoms with Crippen LogP contribution in [0.1, 0.15) is 16.1 Å². The van der Waals surface area contributed by atoms with E-state index in [-0.39, 0.29) is 12.5 Å². The smallest absolute Gasteiger partial charge is 0.270 e. The Morgan fingerprint density at radius 2 is 2.43 bits per heavy atom. The van der Waals surface area contributed by atoms with Gasteiger partial charge >= 0.3 is 0 Å². The summed E-state index contributed by atoms with van der Waals surface area (Å²) in [6.07, 6.45) is 1.58. The molecule has 1 aromatic rings. The second kappa shape index (κ2) is 4.77. The summed E-state index contributed by atoms with van der Waals surface area (Å²) < 4.78 is 0. The maximum atomic E-state index is 11.5. The summed E-state index contributed by atoms with van der Waals surface area (Å²) in [6.45, 7) is 5.56. The zero-order valence-electron chi connectivity index (χ0n) is 7.88. The summed E-state index contributed by atoms with van der Waals surface area (Å²) in [5, 5.41) is 3.00. The molecule has 0 saturated heterocycles. The van der Waals surface area contributed by atoms with Gasteiger partial charge in [0.25, 0.3) is 5.91 Å². The second-order valence-corrected chi connectivity index (χ2v) is 3.40. The van der Waals surface area contributed by atoms with E-state index in [0.29, 0.717) is 10.7 Å². The number of halogens is 1. The van der Waals surface area contributed by atoms with E-state index in [0.717, 1.165) is 5.56 Å². The summed E-state index contributed by atoms with van der Waals surface area (Å²) in [6, 6.07) is 3.62. The van der Waals surface area contributed by atoms with E-state index in [1.165, 1.54) is 0 Å². The SMILES string of the molecule is C=C(Cl)CNC(=O)c1ncccc1C. The normalized spacial score (nSPS) is 9.57. The minimum atomic E-state index is -0.232. The van der Waals surface area contributed by atoms with Crippen LogP contribution >= 0.6 is 11.6 Å². The highest BCUT2D eigenvalue weighted by Crippen LogP contribution is 2.03. The Balaban J connectivity index is 2.70. The summed E-state index contributed by atoms with van der Waals surface area (Å²) >= 11 is 5.52. The van der Waals surface area contributed by atoms with Gasteiger partial charge in [0.2, 0.25) is 0 Å². The number of hydrogen-bond donors (Lipinski definition) is 1. The van der Waals surface area contributed by atoms with Gasteiger partial charge < -0.3 is 5.32 Å². The molecule has 0 saturated carbocycles. The molecule has 0 aromatic carbocycles. The van der Waals surface area contributed by atoms with Crippen LogP contribution in [0.2, 0.25) is 0 Å². The van der Waals surface area contributed by atoms with E-state index in [2.05, 4.69) is 16.9 Å². The average molecular weight is 211 g/mol. The van der Waals surface area contributed by atoms with Crippen LogP contribution in [0, 0.1) is 6.92 Å². The Kier molecular flexibility index (Phi) is 3.65. The van der Waals surface area contributed by atoms with Gasteiger partial charge in [0.15, 0.2) is 0 Å². The van der Waals surface area contributed by atoms with Crippen molar-refractivity contribution in [1.29, 1.82) is 0 Å². The van der Waals surface area contributed by atoms with E-state index in [4.69, 9.17) is 11.6 Å². The molecular weight excluding hydrogens is 200 g/mol. The lowest BCUT2D eigenvalue weighted by Crippen LogP contribution is -2.26. The highest BCUT2D eigenvalue weighted by atomic mass is 35.5. The molecule has 74 valence electrons. The molecule has 0 radical (unpaired) electrons. The van der Waals surface area contributed by atoms with Crippen LogP contribution in [-0.2, 0) is 0 Å².